The van der Waals surface area contributed by atoms with Crippen molar-refractivity contribution in [1.82, 2.24) is 5.32 Å². The van der Waals surface area contributed by atoms with Crippen molar-refractivity contribution < 1.29 is 22.4 Å². The van der Waals surface area contributed by atoms with Crippen LogP contribution in [0.5, 0.6) is 0 Å². The van der Waals surface area contributed by atoms with Crippen molar-refractivity contribution in [2.45, 2.75) is 37.9 Å². The zero-order valence-electron chi connectivity index (χ0n) is 11.0. The van der Waals surface area contributed by atoms with Crippen LogP contribution in [0, 0.1) is 11.7 Å². The molecule has 0 saturated heterocycles. The molecule has 1 N–H and O–H groups in total. The maximum absolute atomic E-state index is 13.6. The zero-order valence-corrected chi connectivity index (χ0v) is 12.6. The predicted molar refractivity (Wildman–Crippen MR) is 73.4 cm³/mol. The van der Waals surface area contributed by atoms with Gasteiger partial charge in [0, 0.05) is 10.5 Å². The quantitative estimate of drug-likeness (QED) is 0.769. The van der Waals surface area contributed by atoms with E-state index < -0.39 is 29.9 Å². The van der Waals surface area contributed by atoms with Crippen LogP contribution < -0.4 is 5.32 Å². The molecule has 0 aromatic heterocycles. The number of hydrogen-bond donors (Lipinski definition) is 1. The highest BCUT2D eigenvalue weighted by molar-refractivity contribution is 9.10. The van der Waals surface area contributed by atoms with Crippen LogP contribution in [0.4, 0.5) is 17.6 Å². The summed E-state index contributed by atoms with van der Waals surface area (Å²) in [5.41, 5.74) is -0.168. The Labute approximate surface area is 128 Å². The Bertz CT molecular complexity index is 532. The third-order valence-electron chi connectivity index (χ3n) is 3.65. The monoisotopic (exact) mass is 367 g/mol. The highest BCUT2D eigenvalue weighted by atomic mass is 79.9. The van der Waals surface area contributed by atoms with E-state index in [2.05, 4.69) is 21.2 Å². The molecule has 1 aliphatic carbocycles. The number of benzene rings is 1. The summed E-state index contributed by atoms with van der Waals surface area (Å²) in [6.07, 6.45) is -3.43. The number of nitrogens with one attached hydrogen (secondary N) is 1. The molecule has 1 amide bonds. The first kappa shape index (κ1) is 16.3. The van der Waals surface area contributed by atoms with Crippen LogP contribution in [0.25, 0.3) is 0 Å². The molecular weight excluding hydrogens is 354 g/mol. The van der Waals surface area contributed by atoms with Crippen LogP contribution in [-0.2, 0) is 0 Å². The molecule has 116 valence electrons. The molecule has 1 aromatic carbocycles. The lowest BCUT2D eigenvalue weighted by atomic mass is 9.85. The van der Waals surface area contributed by atoms with Gasteiger partial charge in [0.1, 0.15) is 5.82 Å². The smallest absolute Gasteiger partial charge is 0.349 e. The van der Waals surface area contributed by atoms with Crippen molar-refractivity contribution in [3.05, 3.63) is 34.1 Å². The normalized spacial score (nSPS) is 22.9. The molecular formula is C14H14BrF4NO. The van der Waals surface area contributed by atoms with Crippen LogP contribution in [0.3, 0.4) is 0 Å². The van der Waals surface area contributed by atoms with Crippen molar-refractivity contribution in [2.24, 2.45) is 5.92 Å². The molecule has 0 spiro atoms. The summed E-state index contributed by atoms with van der Waals surface area (Å²) < 4.78 is 52.3. The third-order valence-corrected chi connectivity index (χ3v) is 4.14. The molecule has 0 radical (unpaired) electrons. The second kappa shape index (κ2) is 6.34. The lowest BCUT2D eigenvalue weighted by molar-refractivity contribution is -0.183. The molecule has 0 bridgehead atoms. The van der Waals surface area contributed by atoms with E-state index in [1.807, 2.05) is 0 Å². The summed E-state index contributed by atoms with van der Waals surface area (Å²) in [4.78, 5) is 12.0. The summed E-state index contributed by atoms with van der Waals surface area (Å²) >= 11 is 3.13. The SMILES string of the molecule is O=C(N[C@H]1CCC[C@H](C(F)(F)F)C1)c1cc(Br)ccc1F. The minimum atomic E-state index is -4.25. The number of halogens is 5. The topological polar surface area (TPSA) is 29.1 Å². The van der Waals surface area contributed by atoms with E-state index in [1.165, 1.54) is 12.1 Å². The maximum atomic E-state index is 13.6. The first-order chi connectivity index (χ1) is 9.77. The lowest BCUT2D eigenvalue weighted by Crippen LogP contribution is -2.41. The van der Waals surface area contributed by atoms with Crippen molar-refractivity contribution >= 4 is 21.8 Å². The first-order valence-corrected chi connectivity index (χ1v) is 7.39. The van der Waals surface area contributed by atoms with E-state index in [0.717, 1.165) is 6.07 Å². The lowest BCUT2D eigenvalue weighted by Gasteiger charge is -2.31. The number of carbonyl (C=O) groups excluding carboxylic acids is 1. The second-order valence-corrected chi connectivity index (χ2v) is 6.12. The Morgan fingerprint density at radius 2 is 2.00 bits per heavy atom. The molecule has 7 heteroatoms. The number of carbonyl (C=O) groups is 1. The second-order valence-electron chi connectivity index (χ2n) is 5.20. The van der Waals surface area contributed by atoms with Gasteiger partial charge < -0.3 is 5.32 Å². The van der Waals surface area contributed by atoms with E-state index in [9.17, 15) is 22.4 Å². The zero-order chi connectivity index (χ0) is 15.6. The maximum Gasteiger partial charge on any atom is 0.391 e. The van der Waals surface area contributed by atoms with Gasteiger partial charge in [-0.25, -0.2) is 4.39 Å². The molecule has 2 rings (SSSR count). The van der Waals surface area contributed by atoms with Crippen molar-refractivity contribution in [1.29, 1.82) is 0 Å². The summed E-state index contributed by atoms with van der Waals surface area (Å²) in [6, 6.07) is 3.33. The van der Waals surface area contributed by atoms with Gasteiger partial charge in [0.25, 0.3) is 5.91 Å². The molecule has 2 nitrogen and oxygen atoms in total. The number of hydrogen-bond acceptors (Lipinski definition) is 1. The molecule has 2 atom stereocenters. The predicted octanol–water partition coefficient (Wildman–Crippen LogP) is 4.44. The molecule has 1 saturated carbocycles. The Balaban J connectivity index is 2.04. The van der Waals surface area contributed by atoms with Gasteiger partial charge >= 0.3 is 6.18 Å². The summed E-state index contributed by atoms with van der Waals surface area (Å²) in [7, 11) is 0. The Morgan fingerprint density at radius 3 is 2.67 bits per heavy atom. The molecule has 0 unspecified atom stereocenters. The molecule has 1 aliphatic rings. The molecule has 1 aromatic rings. The summed E-state index contributed by atoms with van der Waals surface area (Å²) in [5, 5.41) is 2.51. The van der Waals surface area contributed by atoms with E-state index in [-0.39, 0.29) is 18.4 Å². The van der Waals surface area contributed by atoms with Crippen LogP contribution in [0.2, 0.25) is 0 Å². The van der Waals surface area contributed by atoms with Gasteiger partial charge in [-0.3, -0.25) is 4.79 Å². The van der Waals surface area contributed by atoms with E-state index in [4.69, 9.17) is 0 Å². The number of rotatable bonds is 2. The molecule has 0 aliphatic heterocycles. The van der Waals surface area contributed by atoms with Crippen molar-refractivity contribution in [3.63, 3.8) is 0 Å². The van der Waals surface area contributed by atoms with Gasteiger partial charge in [-0.15, -0.1) is 0 Å². The highest BCUT2D eigenvalue weighted by Crippen LogP contribution is 2.37. The molecule has 21 heavy (non-hydrogen) atoms. The standard InChI is InChI=1S/C14H14BrF4NO/c15-9-4-5-12(16)11(7-9)13(21)20-10-3-1-2-8(6-10)14(17,18)19/h4-5,7-8,10H,1-3,6H2,(H,20,21)/t8-,10-/m0/s1. The van der Waals surface area contributed by atoms with Gasteiger partial charge in [-0.05, 0) is 37.5 Å². The average molecular weight is 368 g/mol. The summed E-state index contributed by atoms with van der Waals surface area (Å²) in [6.45, 7) is 0. The largest absolute Gasteiger partial charge is 0.391 e. The Morgan fingerprint density at radius 1 is 1.29 bits per heavy atom. The van der Waals surface area contributed by atoms with Gasteiger partial charge in [-0.2, -0.15) is 13.2 Å². The molecule has 1 fully saturated rings. The van der Waals surface area contributed by atoms with Gasteiger partial charge in [0.05, 0.1) is 11.5 Å². The third kappa shape index (κ3) is 4.18. The van der Waals surface area contributed by atoms with Crippen LogP contribution in [0.15, 0.2) is 22.7 Å². The highest BCUT2D eigenvalue weighted by Gasteiger charge is 2.42. The van der Waals surface area contributed by atoms with E-state index >= 15 is 0 Å². The average Bonchev–Trinajstić information content (AvgIpc) is 2.41. The van der Waals surface area contributed by atoms with E-state index in [1.54, 1.807) is 0 Å². The van der Waals surface area contributed by atoms with Crippen LogP contribution >= 0.6 is 15.9 Å². The number of alkyl halides is 3. The van der Waals surface area contributed by atoms with Crippen molar-refractivity contribution in [2.75, 3.05) is 0 Å². The Kier molecular flexibility index (Phi) is 4.91. The Hall–Kier alpha value is -1.11. The minimum absolute atomic E-state index is 0.0844. The van der Waals surface area contributed by atoms with Crippen LogP contribution in [0.1, 0.15) is 36.0 Å². The fourth-order valence-corrected chi connectivity index (χ4v) is 2.91. The number of amides is 1. The first-order valence-electron chi connectivity index (χ1n) is 6.60. The molecule has 0 heterocycles. The van der Waals surface area contributed by atoms with Crippen molar-refractivity contribution in [3.8, 4) is 0 Å². The fourth-order valence-electron chi connectivity index (χ4n) is 2.55. The fraction of sp³-hybridized carbons (Fsp3) is 0.500. The van der Waals surface area contributed by atoms with E-state index in [0.29, 0.717) is 17.3 Å². The van der Waals surface area contributed by atoms with Crippen LogP contribution in [-0.4, -0.2) is 18.1 Å². The van der Waals surface area contributed by atoms with Gasteiger partial charge in [0.15, 0.2) is 0 Å². The van der Waals surface area contributed by atoms with Gasteiger partial charge in [-0.1, -0.05) is 22.4 Å². The summed E-state index contributed by atoms with van der Waals surface area (Å²) in [5.74, 6) is -2.77. The minimum Gasteiger partial charge on any atom is -0.349 e. The van der Waals surface area contributed by atoms with Gasteiger partial charge in [0.2, 0.25) is 0 Å².